The number of nitrogens with zero attached hydrogens (tertiary/aromatic N) is 6. The molecule has 100 valence electrons. The molecule has 0 saturated heterocycles. The van der Waals surface area contributed by atoms with Crippen molar-refractivity contribution in [1.29, 1.82) is 0 Å². The van der Waals surface area contributed by atoms with Gasteiger partial charge in [-0.3, -0.25) is 4.68 Å². The van der Waals surface area contributed by atoms with Crippen LogP contribution in [0.4, 0.5) is 5.82 Å². The molecule has 0 fully saturated rings. The Bertz CT molecular complexity index is 721. The summed E-state index contributed by atoms with van der Waals surface area (Å²) in [5.74, 6) is 1.28. The summed E-state index contributed by atoms with van der Waals surface area (Å²) in [7, 11) is 3.69. The molecule has 0 aliphatic carbocycles. The number of anilines is 1. The molecule has 0 atom stereocenters. The van der Waals surface area contributed by atoms with Crippen LogP contribution >= 0.6 is 0 Å². The van der Waals surface area contributed by atoms with Crippen molar-refractivity contribution in [2.45, 2.75) is 0 Å². The highest BCUT2D eigenvalue weighted by atomic mass is 15.2. The maximum atomic E-state index is 4.54. The first kappa shape index (κ1) is 12.2. The van der Waals surface area contributed by atoms with Gasteiger partial charge in [-0.05, 0) is 6.07 Å². The van der Waals surface area contributed by atoms with E-state index in [4.69, 9.17) is 0 Å². The van der Waals surface area contributed by atoms with Crippen molar-refractivity contribution >= 4 is 5.82 Å². The Morgan fingerprint density at radius 2 is 2.10 bits per heavy atom. The molecule has 0 saturated carbocycles. The molecule has 3 aromatic rings. The molecule has 0 aliphatic heterocycles. The molecule has 3 heterocycles. The van der Waals surface area contributed by atoms with Crippen LogP contribution in [0, 0.1) is 0 Å². The van der Waals surface area contributed by atoms with Crippen LogP contribution in [0.25, 0.3) is 22.8 Å². The smallest absolute Gasteiger partial charge is 0.180 e. The Kier molecular flexibility index (Phi) is 3.08. The van der Waals surface area contributed by atoms with Gasteiger partial charge in [0.15, 0.2) is 5.82 Å². The van der Waals surface area contributed by atoms with E-state index in [1.807, 2.05) is 26.4 Å². The molecular weight excluding hydrogens is 254 g/mol. The molecule has 3 aromatic heterocycles. The lowest BCUT2D eigenvalue weighted by Crippen LogP contribution is -1.99. The zero-order valence-corrected chi connectivity index (χ0v) is 11.1. The van der Waals surface area contributed by atoms with Gasteiger partial charge in [0, 0.05) is 38.1 Å². The molecular formula is C13H13N7. The van der Waals surface area contributed by atoms with Crippen molar-refractivity contribution in [3.63, 3.8) is 0 Å². The molecule has 7 nitrogen and oxygen atoms in total. The van der Waals surface area contributed by atoms with Crippen molar-refractivity contribution in [3.05, 3.63) is 37.1 Å². The highest BCUT2D eigenvalue weighted by molar-refractivity contribution is 5.65. The van der Waals surface area contributed by atoms with Gasteiger partial charge in [0.05, 0.1) is 11.9 Å². The van der Waals surface area contributed by atoms with E-state index in [1.165, 1.54) is 6.33 Å². The Morgan fingerprint density at radius 3 is 2.75 bits per heavy atom. The highest BCUT2D eigenvalue weighted by Crippen LogP contribution is 2.22. The minimum absolute atomic E-state index is 0.554. The monoisotopic (exact) mass is 267 g/mol. The lowest BCUT2D eigenvalue weighted by atomic mass is 10.2. The summed E-state index contributed by atoms with van der Waals surface area (Å²) >= 11 is 0. The first-order valence-corrected chi connectivity index (χ1v) is 6.08. The zero-order valence-electron chi connectivity index (χ0n) is 11.1. The Balaban J connectivity index is 2.12. The molecule has 0 aliphatic rings. The van der Waals surface area contributed by atoms with Crippen LogP contribution in [0.3, 0.4) is 0 Å². The third-order valence-corrected chi connectivity index (χ3v) is 2.79. The molecule has 0 radical (unpaired) electrons. The van der Waals surface area contributed by atoms with Crippen LogP contribution < -0.4 is 5.32 Å². The number of hydrogen-bond acceptors (Lipinski definition) is 6. The van der Waals surface area contributed by atoms with E-state index in [1.54, 1.807) is 23.1 Å². The van der Waals surface area contributed by atoms with Gasteiger partial charge in [0.2, 0.25) is 0 Å². The molecule has 20 heavy (non-hydrogen) atoms. The molecule has 0 aromatic carbocycles. The van der Waals surface area contributed by atoms with Crippen molar-refractivity contribution in [2.24, 2.45) is 7.05 Å². The van der Waals surface area contributed by atoms with Crippen LogP contribution in [0.15, 0.2) is 37.1 Å². The average Bonchev–Trinajstić information content (AvgIpc) is 2.94. The predicted octanol–water partition coefficient (Wildman–Crippen LogP) is 1.38. The van der Waals surface area contributed by atoms with E-state index in [9.17, 15) is 0 Å². The summed E-state index contributed by atoms with van der Waals surface area (Å²) in [5, 5.41) is 7.19. The molecule has 1 N–H and O–H groups in total. The van der Waals surface area contributed by atoms with Crippen LogP contribution in [0.1, 0.15) is 0 Å². The van der Waals surface area contributed by atoms with Crippen LogP contribution in [0.2, 0.25) is 0 Å². The maximum absolute atomic E-state index is 4.54. The van der Waals surface area contributed by atoms with E-state index in [0.29, 0.717) is 11.5 Å². The van der Waals surface area contributed by atoms with Gasteiger partial charge in [-0.2, -0.15) is 5.10 Å². The van der Waals surface area contributed by atoms with E-state index in [0.717, 1.165) is 17.1 Å². The van der Waals surface area contributed by atoms with Gasteiger partial charge in [-0.1, -0.05) is 0 Å². The number of rotatable bonds is 3. The summed E-state index contributed by atoms with van der Waals surface area (Å²) in [6.45, 7) is 0. The lowest BCUT2D eigenvalue weighted by molar-refractivity contribution is 0.768. The van der Waals surface area contributed by atoms with E-state index in [-0.39, 0.29) is 0 Å². The van der Waals surface area contributed by atoms with Gasteiger partial charge < -0.3 is 5.32 Å². The molecule has 0 unspecified atom stereocenters. The fourth-order valence-electron chi connectivity index (χ4n) is 1.81. The molecule has 0 bridgehead atoms. The summed E-state index contributed by atoms with van der Waals surface area (Å²) in [6, 6.07) is 3.66. The maximum Gasteiger partial charge on any atom is 0.180 e. The summed E-state index contributed by atoms with van der Waals surface area (Å²) in [5.41, 5.74) is 2.41. The predicted molar refractivity (Wildman–Crippen MR) is 74.8 cm³/mol. The number of aromatic nitrogens is 6. The number of aryl methyl sites for hydroxylation is 1. The lowest BCUT2D eigenvalue weighted by Gasteiger charge is -2.06. The normalized spacial score (nSPS) is 10.5. The third kappa shape index (κ3) is 2.33. The van der Waals surface area contributed by atoms with Crippen LogP contribution in [-0.4, -0.2) is 36.8 Å². The van der Waals surface area contributed by atoms with Crippen molar-refractivity contribution in [3.8, 4) is 22.8 Å². The van der Waals surface area contributed by atoms with E-state index >= 15 is 0 Å². The third-order valence-electron chi connectivity index (χ3n) is 2.79. The summed E-state index contributed by atoms with van der Waals surface area (Å²) in [4.78, 5) is 17.0. The second kappa shape index (κ2) is 5.04. The van der Waals surface area contributed by atoms with Crippen molar-refractivity contribution in [2.75, 3.05) is 12.4 Å². The van der Waals surface area contributed by atoms with Crippen LogP contribution in [0.5, 0.6) is 0 Å². The quantitative estimate of drug-likeness (QED) is 0.772. The minimum Gasteiger partial charge on any atom is -0.373 e. The van der Waals surface area contributed by atoms with Gasteiger partial charge in [-0.15, -0.1) is 0 Å². The first-order valence-electron chi connectivity index (χ1n) is 6.08. The molecule has 3 rings (SSSR count). The average molecular weight is 267 g/mol. The second-order valence-electron chi connectivity index (χ2n) is 4.21. The topological polar surface area (TPSA) is 81.4 Å². The standard InChI is InChI=1S/C13H13N7/c1-14-12-5-11(9-6-17-20(2)7-9)18-13(19-12)10-3-4-15-8-16-10/h3-8H,1-2H3,(H,14,18,19). The minimum atomic E-state index is 0.554. The Hall–Kier alpha value is -2.83. The Labute approximate surface area is 115 Å². The molecule has 0 spiro atoms. The Morgan fingerprint density at radius 1 is 1.20 bits per heavy atom. The number of hydrogen-bond donors (Lipinski definition) is 1. The SMILES string of the molecule is CNc1cc(-c2cnn(C)c2)nc(-c2ccncn2)n1. The zero-order chi connectivity index (χ0) is 13.9. The van der Waals surface area contributed by atoms with Gasteiger partial charge in [0.25, 0.3) is 0 Å². The van der Waals surface area contributed by atoms with E-state index < -0.39 is 0 Å². The van der Waals surface area contributed by atoms with Crippen LogP contribution in [-0.2, 0) is 7.05 Å². The first-order chi connectivity index (χ1) is 9.76. The van der Waals surface area contributed by atoms with Crippen molar-refractivity contribution in [1.82, 2.24) is 29.7 Å². The molecule has 7 heteroatoms. The fourth-order valence-corrected chi connectivity index (χ4v) is 1.81. The van der Waals surface area contributed by atoms with Gasteiger partial charge in [0.1, 0.15) is 17.8 Å². The summed E-state index contributed by atoms with van der Waals surface area (Å²) in [6.07, 6.45) is 6.83. The highest BCUT2D eigenvalue weighted by Gasteiger charge is 2.10. The second-order valence-corrected chi connectivity index (χ2v) is 4.21. The summed E-state index contributed by atoms with van der Waals surface area (Å²) < 4.78 is 1.74. The fraction of sp³-hybridized carbons (Fsp3) is 0.154. The number of nitrogens with one attached hydrogen (secondary N) is 1. The van der Waals surface area contributed by atoms with Gasteiger partial charge in [-0.25, -0.2) is 19.9 Å². The van der Waals surface area contributed by atoms with Crippen molar-refractivity contribution < 1.29 is 0 Å². The molecule has 0 amide bonds. The van der Waals surface area contributed by atoms with Gasteiger partial charge >= 0.3 is 0 Å². The largest absolute Gasteiger partial charge is 0.373 e. The van der Waals surface area contributed by atoms with E-state index in [2.05, 4.69) is 30.4 Å².